The van der Waals surface area contributed by atoms with Gasteiger partial charge in [0.1, 0.15) is 6.61 Å². The highest BCUT2D eigenvalue weighted by Crippen LogP contribution is 2.21. The minimum atomic E-state index is -0.345. The Balaban J connectivity index is 1.34. The molecule has 2 aromatic carbocycles. The van der Waals surface area contributed by atoms with Gasteiger partial charge in [-0.2, -0.15) is 0 Å². The smallest absolute Gasteiger partial charge is 0.407 e. The fourth-order valence-electron chi connectivity index (χ4n) is 3.11. The summed E-state index contributed by atoms with van der Waals surface area (Å²) in [6, 6.07) is 18.6. The number of methoxy groups -OCH3 is 1. The van der Waals surface area contributed by atoms with Crippen LogP contribution in [-0.4, -0.2) is 25.3 Å². The Morgan fingerprint density at radius 2 is 1.65 bits per heavy atom. The summed E-state index contributed by atoms with van der Waals surface area (Å²) in [5, 5.41) is 6.47. The van der Waals surface area contributed by atoms with Crippen molar-refractivity contribution in [2.45, 2.75) is 44.7 Å². The monoisotopic (exact) mass is 354 g/mol. The molecule has 2 N–H and O–H groups in total. The Morgan fingerprint density at radius 1 is 0.962 bits per heavy atom. The first-order valence-corrected chi connectivity index (χ1v) is 9.01. The zero-order chi connectivity index (χ0) is 18.2. The van der Waals surface area contributed by atoms with E-state index in [4.69, 9.17) is 9.47 Å². The fourth-order valence-corrected chi connectivity index (χ4v) is 3.11. The van der Waals surface area contributed by atoms with Gasteiger partial charge < -0.3 is 20.1 Å². The van der Waals surface area contributed by atoms with Crippen LogP contribution in [0.2, 0.25) is 0 Å². The van der Waals surface area contributed by atoms with Gasteiger partial charge in [-0.3, -0.25) is 0 Å². The Bertz CT molecular complexity index is 699. The van der Waals surface area contributed by atoms with Crippen molar-refractivity contribution in [2.75, 3.05) is 7.11 Å². The van der Waals surface area contributed by atoms with Crippen LogP contribution in [0.4, 0.5) is 4.79 Å². The fraction of sp³-hybridized carbons (Fsp3) is 0.381. The molecule has 2 aromatic rings. The van der Waals surface area contributed by atoms with Crippen LogP contribution in [0, 0.1) is 0 Å². The Hall–Kier alpha value is -2.37. The molecule has 0 atom stereocenters. The molecule has 1 aliphatic carbocycles. The maximum absolute atomic E-state index is 11.9. The van der Waals surface area contributed by atoms with Gasteiger partial charge in [0.2, 0.25) is 0 Å². The van der Waals surface area contributed by atoms with E-state index in [-0.39, 0.29) is 12.1 Å². The molecular formula is C21H26N2O3. The number of ether oxygens (including phenoxy) is 2. The van der Waals surface area contributed by atoms with E-state index < -0.39 is 0 Å². The average Bonchev–Trinajstić information content (AvgIpc) is 2.64. The topological polar surface area (TPSA) is 59.6 Å². The third-order valence-electron chi connectivity index (χ3n) is 4.67. The van der Waals surface area contributed by atoms with Crippen LogP contribution < -0.4 is 10.6 Å². The van der Waals surface area contributed by atoms with Gasteiger partial charge in [-0.15, -0.1) is 0 Å². The largest absolute Gasteiger partial charge is 0.445 e. The molecule has 138 valence electrons. The maximum atomic E-state index is 11.9. The van der Waals surface area contributed by atoms with Crippen LogP contribution in [-0.2, 0) is 29.2 Å². The maximum Gasteiger partial charge on any atom is 0.407 e. The molecular weight excluding hydrogens is 328 g/mol. The summed E-state index contributed by atoms with van der Waals surface area (Å²) in [4.78, 5) is 11.9. The lowest BCUT2D eigenvalue weighted by Crippen LogP contribution is -2.52. The van der Waals surface area contributed by atoms with Crippen molar-refractivity contribution in [3.8, 4) is 0 Å². The summed E-state index contributed by atoms with van der Waals surface area (Å²) in [5.74, 6) is 0. The van der Waals surface area contributed by atoms with Gasteiger partial charge >= 0.3 is 6.09 Å². The van der Waals surface area contributed by atoms with Gasteiger partial charge in [0.15, 0.2) is 0 Å². The van der Waals surface area contributed by atoms with Crippen LogP contribution in [0.15, 0.2) is 54.6 Å². The van der Waals surface area contributed by atoms with Gasteiger partial charge in [0.05, 0.1) is 6.61 Å². The van der Waals surface area contributed by atoms with Crippen LogP contribution in [0.25, 0.3) is 0 Å². The third kappa shape index (κ3) is 5.31. The molecule has 0 aromatic heterocycles. The summed E-state index contributed by atoms with van der Waals surface area (Å²) >= 11 is 0. The highest BCUT2D eigenvalue weighted by molar-refractivity contribution is 5.67. The van der Waals surface area contributed by atoms with E-state index in [9.17, 15) is 4.79 Å². The predicted molar refractivity (Wildman–Crippen MR) is 101 cm³/mol. The van der Waals surface area contributed by atoms with Crippen LogP contribution >= 0.6 is 0 Å². The summed E-state index contributed by atoms with van der Waals surface area (Å²) in [6.07, 6.45) is 1.50. The molecule has 0 aliphatic heterocycles. The van der Waals surface area contributed by atoms with Crippen LogP contribution in [0.1, 0.15) is 29.5 Å². The van der Waals surface area contributed by atoms with Crippen molar-refractivity contribution >= 4 is 6.09 Å². The molecule has 1 aliphatic rings. The molecule has 0 spiro atoms. The van der Waals surface area contributed by atoms with E-state index in [0.717, 1.165) is 24.9 Å². The first kappa shape index (κ1) is 18.4. The highest BCUT2D eigenvalue weighted by Gasteiger charge is 2.30. The number of rotatable bonds is 8. The van der Waals surface area contributed by atoms with Gasteiger partial charge in [0.25, 0.3) is 0 Å². The molecule has 1 amide bonds. The van der Waals surface area contributed by atoms with Crippen LogP contribution in [0.5, 0.6) is 0 Å². The number of amides is 1. The highest BCUT2D eigenvalue weighted by atomic mass is 16.5. The van der Waals surface area contributed by atoms with Gasteiger partial charge in [-0.05, 0) is 29.5 Å². The van der Waals surface area contributed by atoms with E-state index in [1.54, 1.807) is 7.11 Å². The molecule has 26 heavy (non-hydrogen) atoms. The van der Waals surface area contributed by atoms with E-state index in [1.165, 1.54) is 11.1 Å². The quantitative estimate of drug-likeness (QED) is 0.763. The molecule has 5 nitrogen and oxygen atoms in total. The lowest BCUT2D eigenvalue weighted by atomic mass is 9.86. The van der Waals surface area contributed by atoms with Gasteiger partial charge in [0, 0.05) is 25.7 Å². The minimum Gasteiger partial charge on any atom is -0.445 e. The second-order valence-corrected chi connectivity index (χ2v) is 6.65. The van der Waals surface area contributed by atoms with Crippen molar-refractivity contribution in [3.63, 3.8) is 0 Å². The summed E-state index contributed by atoms with van der Waals surface area (Å²) in [5.41, 5.74) is 3.46. The number of nitrogens with one attached hydrogen (secondary N) is 2. The zero-order valence-electron chi connectivity index (χ0n) is 15.1. The van der Waals surface area contributed by atoms with Gasteiger partial charge in [-0.1, -0.05) is 54.6 Å². The van der Waals surface area contributed by atoms with Crippen molar-refractivity contribution in [1.82, 2.24) is 10.6 Å². The molecule has 5 heteroatoms. The normalized spacial score (nSPS) is 18.8. The van der Waals surface area contributed by atoms with E-state index in [2.05, 4.69) is 22.8 Å². The Morgan fingerprint density at radius 3 is 2.38 bits per heavy atom. The van der Waals surface area contributed by atoms with Crippen molar-refractivity contribution in [3.05, 3.63) is 71.3 Å². The van der Waals surface area contributed by atoms with Crippen molar-refractivity contribution in [2.24, 2.45) is 0 Å². The lowest BCUT2D eigenvalue weighted by molar-refractivity contribution is 0.125. The number of hydrogen-bond donors (Lipinski definition) is 2. The third-order valence-corrected chi connectivity index (χ3v) is 4.67. The molecule has 3 rings (SSSR count). The minimum absolute atomic E-state index is 0.185. The van der Waals surface area contributed by atoms with E-state index in [1.807, 2.05) is 42.5 Å². The first-order chi connectivity index (χ1) is 12.7. The number of benzene rings is 2. The van der Waals surface area contributed by atoms with E-state index in [0.29, 0.717) is 19.3 Å². The number of carbonyl (C=O) groups excluding carboxylic acids is 1. The number of hydrogen-bond acceptors (Lipinski definition) is 4. The van der Waals surface area contributed by atoms with Crippen molar-refractivity contribution < 1.29 is 14.3 Å². The lowest BCUT2D eigenvalue weighted by Gasteiger charge is -2.36. The second kappa shape index (κ2) is 9.36. The Kier molecular flexibility index (Phi) is 6.63. The first-order valence-electron chi connectivity index (χ1n) is 9.01. The Labute approximate surface area is 154 Å². The summed E-state index contributed by atoms with van der Waals surface area (Å²) in [7, 11) is 1.71. The second-order valence-electron chi connectivity index (χ2n) is 6.65. The molecule has 1 fully saturated rings. The number of alkyl carbamates (subject to hydrolysis) is 1. The average molecular weight is 354 g/mol. The predicted octanol–water partition coefficient (Wildman–Crippen LogP) is 3.38. The summed E-state index contributed by atoms with van der Waals surface area (Å²) < 4.78 is 10.5. The SMILES string of the molecule is COCc1ccccc1CNC1CC(NC(=O)OCc2ccccc2)C1. The standard InChI is InChI=1S/C21H26N2O3/c1-25-15-18-10-6-5-9-17(18)13-22-19-11-20(12-19)23-21(24)26-14-16-7-3-2-4-8-16/h2-10,19-20,22H,11-15H2,1H3,(H,23,24). The molecule has 1 saturated carbocycles. The van der Waals surface area contributed by atoms with E-state index >= 15 is 0 Å². The molecule has 0 saturated heterocycles. The molecule has 0 heterocycles. The number of carbonyl (C=O) groups is 1. The summed E-state index contributed by atoms with van der Waals surface area (Å²) in [6.45, 7) is 1.74. The zero-order valence-corrected chi connectivity index (χ0v) is 15.1. The van der Waals surface area contributed by atoms with Crippen LogP contribution in [0.3, 0.4) is 0 Å². The van der Waals surface area contributed by atoms with Crippen molar-refractivity contribution in [1.29, 1.82) is 0 Å². The molecule has 0 unspecified atom stereocenters. The molecule has 0 bridgehead atoms. The molecule has 0 radical (unpaired) electrons. The van der Waals surface area contributed by atoms with Gasteiger partial charge in [-0.25, -0.2) is 4.79 Å².